The summed E-state index contributed by atoms with van der Waals surface area (Å²) in [7, 11) is 0. The van der Waals surface area contributed by atoms with Crippen LogP contribution in [0.1, 0.15) is 33.2 Å². The largest absolute Gasteiger partial charge is 0.487 e. The molecule has 2 aromatic rings. The molecular weight excluding hydrogens is 386 g/mol. The molecule has 0 heterocycles. The van der Waals surface area contributed by atoms with Crippen molar-refractivity contribution in [3.05, 3.63) is 63.2 Å². The van der Waals surface area contributed by atoms with Crippen molar-refractivity contribution in [3.8, 4) is 5.75 Å². The third-order valence-electron chi connectivity index (χ3n) is 3.67. The Balaban J connectivity index is 2.12. The number of nitro groups is 1. The van der Waals surface area contributed by atoms with E-state index in [9.17, 15) is 19.7 Å². The third-order valence-corrected chi connectivity index (χ3v) is 3.87. The first-order valence-electron chi connectivity index (χ1n) is 8.10. The second-order valence-corrected chi connectivity index (χ2v) is 6.02. The summed E-state index contributed by atoms with van der Waals surface area (Å²) in [6.45, 7) is 3.63. The van der Waals surface area contributed by atoms with Crippen LogP contribution in [0, 0.1) is 17.0 Å². The minimum atomic E-state index is -1.05. The van der Waals surface area contributed by atoms with Crippen molar-refractivity contribution >= 4 is 40.6 Å². The molecule has 1 amide bonds. The zero-order valence-electron chi connectivity index (χ0n) is 15.0. The van der Waals surface area contributed by atoms with Crippen LogP contribution in [0.3, 0.4) is 0 Å². The fourth-order valence-electron chi connectivity index (χ4n) is 2.34. The molecular formula is C18H17N3O6S. The van der Waals surface area contributed by atoms with Gasteiger partial charge < -0.3 is 15.2 Å². The summed E-state index contributed by atoms with van der Waals surface area (Å²) in [6, 6.07) is 8.24. The van der Waals surface area contributed by atoms with Gasteiger partial charge in [-0.1, -0.05) is 0 Å². The number of carboxylic acids is 1. The number of aromatic carboxylic acids is 1. The lowest BCUT2D eigenvalue weighted by Crippen LogP contribution is -2.34. The third kappa shape index (κ3) is 5.01. The van der Waals surface area contributed by atoms with Gasteiger partial charge in [0.2, 0.25) is 0 Å². The summed E-state index contributed by atoms with van der Waals surface area (Å²) in [5.41, 5.74) is 0.978. The molecule has 0 bridgehead atoms. The standard InChI is InChI=1S/C18H17N3O6S/c1-3-27-15-7-5-11(9-14(15)21(25)26)16(22)20-18(28)19-13-6-4-12(17(23)24)8-10(13)2/h4-9H,3H2,1-2H3,(H,23,24)(H2,19,20,22,28). The highest BCUT2D eigenvalue weighted by Crippen LogP contribution is 2.28. The first kappa shape index (κ1) is 20.8. The van der Waals surface area contributed by atoms with Gasteiger partial charge in [-0.3, -0.25) is 20.2 Å². The molecule has 0 atom stereocenters. The number of carbonyl (C=O) groups excluding carboxylic acids is 1. The highest BCUT2D eigenvalue weighted by Gasteiger charge is 2.19. The van der Waals surface area contributed by atoms with Gasteiger partial charge in [-0.2, -0.15) is 0 Å². The van der Waals surface area contributed by atoms with Crippen molar-refractivity contribution in [1.82, 2.24) is 5.32 Å². The summed E-state index contributed by atoms with van der Waals surface area (Å²) in [5.74, 6) is -1.62. The monoisotopic (exact) mass is 403 g/mol. The number of carboxylic acid groups (broad SMARTS) is 1. The van der Waals surface area contributed by atoms with Crippen LogP contribution >= 0.6 is 12.2 Å². The number of nitrogens with zero attached hydrogens (tertiary/aromatic N) is 1. The van der Waals surface area contributed by atoms with Crippen LogP contribution in [0.2, 0.25) is 0 Å². The van der Waals surface area contributed by atoms with Crippen molar-refractivity contribution in [2.75, 3.05) is 11.9 Å². The Labute approximate surface area is 165 Å². The van der Waals surface area contributed by atoms with Gasteiger partial charge >= 0.3 is 11.7 Å². The zero-order chi connectivity index (χ0) is 20.8. The first-order chi connectivity index (χ1) is 13.2. The Morgan fingerprint density at radius 3 is 2.46 bits per heavy atom. The van der Waals surface area contributed by atoms with Crippen molar-refractivity contribution in [2.45, 2.75) is 13.8 Å². The van der Waals surface area contributed by atoms with E-state index in [0.29, 0.717) is 11.3 Å². The molecule has 2 aromatic carbocycles. The summed E-state index contributed by atoms with van der Waals surface area (Å²) in [6.07, 6.45) is 0. The molecule has 10 heteroatoms. The number of ether oxygens (including phenoxy) is 1. The maximum absolute atomic E-state index is 12.3. The molecule has 2 rings (SSSR count). The molecule has 0 saturated heterocycles. The van der Waals surface area contributed by atoms with Gasteiger partial charge in [0.25, 0.3) is 5.91 Å². The van der Waals surface area contributed by atoms with Gasteiger partial charge in [0.05, 0.1) is 17.1 Å². The van der Waals surface area contributed by atoms with E-state index in [1.807, 2.05) is 0 Å². The van der Waals surface area contributed by atoms with E-state index in [1.165, 1.54) is 30.3 Å². The Morgan fingerprint density at radius 2 is 1.89 bits per heavy atom. The molecule has 0 radical (unpaired) electrons. The number of nitrogens with one attached hydrogen (secondary N) is 2. The van der Waals surface area contributed by atoms with Crippen LogP contribution in [0.5, 0.6) is 5.75 Å². The summed E-state index contributed by atoms with van der Waals surface area (Å²) < 4.78 is 5.18. The number of amides is 1. The molecule has 3 N–H and O–H groups in total. The van der Waals surface area contributed by atoms with E-state index >= 15 is 0 Å². The zero-order valence-corrected chi connectivity index (χ0v) is 15.8. The lowest BCUT2D eigenvalue weighted by atomic mass is 10.1. The van der Waals surface area contributed by atoms with Gasteiger partial charge in [0.15, 0.2) is 10.9 Å². The van der Waals surface area contributed by atoms with Crippen LogP contribution in [-0.4, -0.2) is 33.6 Å². The number of benzene rings is 2. The van der Waals surface area contributed by atoms with Gasteiger partial charge in [-0.05, 0) is 62.0 Å². The molecule has 0 fully saturated rings. The number of hydrogen-bond acceptors (Lipinski definition) is 6. The minimum Gasteiger partial charge on any atom is -0.487 e. The fraction of sp³-hybridized carbons (Fsp3) is 0.167. The molecule has 0 aromatic heterocycles. The molecule has 0 aliphatic heterocycles. The summed E-state index contributed by atoms with van der Waals surface area (Å²) >= 11 is 5.09. The molecule has 0 saturated carbocycles. The second kappa shape index (κ2) is 8.91. The SMILES string of the molecule is CCOc1ccc(C(=O)NC(=S)Nc2ccc(C(=O)O)cc2C)cc1[N+](=O)[O-]. The number of thiocarbonyl (C=S) groups is 1. The normalized spacial score (nSPS) is 10.1. The van der Waals surface area contributed by atoms with E-state index in [2.05, 4.69) is 10.6 Å². The van der Waals surface area contributed by atoms with E-state index < -0.39 is 16.8 Å². The number of anilines is 1. The van der Waals surface area contributed by atoms with E-state index in [1.54, 1.807) is 13.8 Å². The van der Waals surface area contributed by atoms with Gasteiger partial charge in [-0.15, -0.1) is 0 Å². The predicted octanol–water partition coefficient (Wildman–Crippen LogP) is 3.13. The molecule has 0 aliphatic rings. The topological polar surface area (TPSA) is 131 Å². The quantitative estimate of drug-likeness (QED) is 0.381. The molecule has 146 valence electrons. The van der Waals surface area contributed by atoms with E-state index in [-0.39, 0.29) is 34.3 Å². The minimum absolute atomic E-state index is 0.0345. The molecule has 28 heavy (non-hydrogen) atoms. The fourth-order valence-corrected chi connectivity index (χ4v) is 2.55. The number of aryl methyl sites for hydroxylation is 1. The van der Waals surface area contributed by atoms with Crippen molar-refractivity contribution in [1.29, 1.82) is 0 Å². The Morgan fingerprint density at radius 1 is 1.21 bits per heavy atom. The van der Waals surface area contributed by atoms with Crippen LogP contribution < -0.4 is 15.4 Å². The van der Waals surface area contributed by atoms with Crippen molar-refractivity contribution in [3.63, 3.8) is 0 Å². The van der Waals surface area contributed by atoms with Gasteiger partial charge in [0, 0.05) is 17.3 Å². The van der Waals surface area contributed by atoms with Crippen LogP contribution in [0.25, 0.3) is 0 Å². The Bertz CT molecular complexity index is 960. The second-order valence-electron chi connectivity index (χ2n) is 5.62. The molecule has 9 nitrogen and oxygen atoms in total. The number of nitro benzene ring substituents is 1. The van der Waals surface area contributed by atoms with Gasteiger partial charge in [0.1, 0.15) is 0 Å². The highest BCUT2D eigenvalue weighted by atomic mass is 32.1. The number of carbonyl (C=O) groups is 2. The van der Waals surface area contributed by atoms with E-state index in [4.69, 9.17) is 22.1 Å². The van der Waals surface area contributed by atoms with Crippen molar-refractivity contribution in [2.24, 2.45) is 0 Å². The van der Waals surface area contributed by atoms with Crippen LogP contribution in [0.4, 0.5) is 11.4 Å². The average Bonchev–Trinajstić information content (AvgIpc) is 2.63. The highest BCUT2D eigenvalue weighted by molar-refractivity contribution is 7.80. The maximum atomic E-state index is 12.3. The van der Waals surface area contributed by atoms with Crippen LogP contribution in [-0.2, 0) is 0 Å². The number of rotatable bonds is 6. The molecule has 0 unspecified atom stereocenters. The smallest absolute Gasteiger partial charge is 0.335 e. The Kier molecular flexibility index (Phi) is 6.61. The average molecular weight is 403 g/mol. The van der Waals surface area contributed by atoms with Gasteiger partial charge in [-0.25, -0.2) is 4.79 Å². The number of hydrogen-bond donors (Lipinski definition) is 3. The lowest BCUT2D eigenvalue weighted by Gasteiger charge is -2.12. The maximum Gasteiger partial charge on any atom is 0.335 e. The molecule has 0 aliphatic carbocycles. The van der Waals surface area contributed by atoms with Crippen molar-refractivity contribution < 1.29 is 24.4 Å². The predicted molar refractivity (Wildman–Crippen MR) is 106 cm³/mol. The summed E-state index contributed by atoms with van der Waals surface area (Å²) in [5, 5.41) is 25.3. The Hall–Kier alpha value is -3.53. The summed E-state index contributed by atoms with van der Waals surface area (Å²) in [4.78, 5) is 33.8. The first-order valence-corrected chi connectivity index (χ1v) is 8.51. The lowest BCUT2D eigenvalue weighted by molar-refractivity contribution is -0.385. The van der Waals surface area contributed by atoms with Crippen LogP contribution in [0.15, 0.2) is 36.4 Å². The molecule has 0 spiro atoms. The van der Waals surface area contributed by atoms with E-state index in [0.717, 1.165) is 6.07 Å².